The molecule has 1 aliphatic carbocycles. The van der Waals surface area contributed by atoms with Crippen LogP contribution in [-0.2, 0) is 12.8 Å². The minimum absolute atomic E-state index is 0.107. The lowest BCUT2D eigenvalue weighted by atomic mass is 9.86. The molecule has 1 aliphatic heterocycles. The van der Waals surface area contributed by atoms with Gasteiger partial charge in [0.1, 0.15) is 5.69 Å². The topological polar surface area (TPSA) is 48.5 Å². The van der Waals surface area contributed by atoms with Crippen LogP contribution >= 0.6 is 11.6 Å². The van der Waals surface area contributed by atoms with Crippen LogP contribution in [0.1, 0.15) is 33.6 Å². The lowest BCUT2D eigenvalue weighted by Crippen LogP contribution is -2.45. The number of pyridine rings is 1. The first-order valence-corrected chi connectivity index (χ1v) is 12.4. The van der Waals surface area contributed by atoms with Crippen LogP contribution in [0, 0.1) is 6.92 Å². The first kappa shape index (κ1) is 22.9. The monoisotopic (exact) mass is 474 g/mol. The minimum Gasteiger partial charge on any atom is -0.369 e. The summed E-state index contributed by atoms with van der Waals surface area (Å²) in [6, 6.07) is 16.4. The van der Waals surface area contributed by atoms with Crippen molar-refractivity contribution >= 4 is 23.2 Å². The molecule has 2 heterocycles. The first-order valence-electron chi connectivity index (χ1n) is 12.1. The second kappa shape index (κ2) is 9.77. The Hall–Kier alpha value is -2.89. The summed E-state index contributed by atoms with van der Waals surface area (Å²) in [6.07, 6.45) is 4.58. The third-order valence-corrected chi connectivity index (χ3v) is 7.37. The van der Waals surface area contributed by atoms with Crippen LogP contribution in [0.2, 0.25) is 5.02 Å². The molecule has 2 aliphatic rings. The van der Waals surface area contributed by atoms with Crippen LogP contribution in [-0.4, -0.2) is 55.1 Å². The highest BCUT2D eigenvalue weighted by molar-refractivity contribution is 6.30. The number of benzene rings is 2. The number of piperazine rings is 1. The van der Waals surface area contributed by atoms with Gasteiger partial charge in [-0.3, -0.25) is 9.78 Å². The fourth-order valence-corrected chi connectivity index (χ4v) is 5.36. The third-order valence-electron chi connectivity index (χ3n) is 7.14. The quantitative estimate of drug-likeness (QED) is 0.592. The summed E-state index contributed by atoms with van der Waals surface area (Å²) in [4.78, 5) is 22.3. The number of nitrogens with one attached hydrogen (secondary N) is 1. The van der Waals surface area contributed by atoms with Gasteiger partial charge in [0.15, 0.2) is 0 Å². The Labute approximate surface area is 206 Å². The zero-order valence-corrected chi connectivity index (χ0v) is 20.6. The molecule has 176 valence electrons. The average Bonchev–Trinajstić information content (AvgIpc) is 2.84. The van der Waals surface area contributed by atoms with Gasteiger partial charge in [0, 0.05) is 54.7 Å². The number of aromatic nitrogens is 1. The summed E-state index contributed by atoms with van der Waals surface area (Å²) < 4.78 is 0. The smallest absolute Gasteiger partial charge is 0.270 e. The zero-order chi connectivity index (χ0) is 23.7. The molecule has 0 radical (unpaired) electrons. The molecule has 6 heteroatoms. The van der Waals surface area contributed by atoms with E-state index in [1.165, 1.54) is 16.8 Å². The number of anilines is 1. The molecule has 1 fully saturated rings. The number of carbonyl (C=O) groups excluding carboxylic acids is 1. The predicted molar refractivity (Wildman–Crippen MR) is 139 cm³/mol. The molecule has 1 atom stereocenters. The average molecular weight is 475 g/mol. The second-order valence-electron chi connectivity index (χ2n) is 9.51. The van der Waals surface area contributed by atoms with Crippen LogP contribution in [0.15, 0.2) is 54.7 Å². The van der Waals surface area contributed by atoms with Crippen molar-refractivity contribution in [3.8, 4) is 11.1 Å². The maximum absolute atomic E-state index is 13.0. The standard InChI is InChI=1S/C28H31ClN4O/c1-19-16-22(29)8-10-24(19)21-7-11-26(30-18-21)28(34)31-23-9-6-20-4-3-5-27(25(20)17-23)33-14-12-32(2)13-15-33/h3-5,7-8,10-11,16,18,23H,6,9,12-15,17H2,1-2H3,(H,31,34)/t23-/m0/s1. The summed E-state index contributed by atoms with van der Waals surface area (Å²) in [6.45, 7) is 6.29. The van der Waals surface area contributed by atoms with Crippen molar-refractivity contribution in [2.45, 2.75) is 32.2 Å². The van der Waals surface area contributed by atoms with Crippen LogP contribution in [0.25, 0.3) is 11.1 Å². The largest absolute Gasteiger partial charge is 0.369 e. The molecule has 1 N–H and O–H groups in total. The summed E-state index contributed by atoms with van der Waals surface area (Å²) >= 11 is 6.08. The van der Waals surface area contributed by atoms with E-state index in [0.29, 0.717) is 5.69 Å². The lowest BCUT2D eigenvalue weighted by molar-refractivity contribution is 0.0928. The van der Waals surface area contributed by atoms with Crippen molar-refractivity contribution in [3.05, 3.63) is 82.1 Å². The summed E-state index contributed by atoms with van der Waals surface area (Å²) in [5, 5.41) is 3.96. The Morgan fingerprint density at radius 1 is 1.09 bits per heavy atom. The van der Waals surface area contributed by atoms with Gasteiger partial charge in [-0.2, -0.15) is 0 Å². The van der Waals surface area contributed by atoms with Gasteiger partial charge < -0.3 is 15.1 Å². The zero-order valence-electron chi connectivity index (χ0n) is 19.9. The SMILES string of the molecule is Cc1cc(Cl)ccc1-c1ccc(C(=O)N[C@H]2CCc3cccc(N4CCN(C)CC4)c3C2)nc1. The van der Waals surface area contributed by atoms with E-state index < -0.39 is 0 Å². The molecule has 0 spiro atoms. The number of carbonyl (C=O) groups is 1. The van der Waals surface area contributed by atoms with Crippen LogP contribution < -0.4 is 10.2 Å². The molecule has 34 heavy (non-hydrogen) atoms. The molecule has 5 nitrogen and oxygen atoms in total. The normalized spacial score (nSPS) is 18.4. The van der Waals surface area contributed by atoms with Crippen LogP contribution in [0.4, 0.5) is 5.69 Å². The van der Waals surface area contributed by atoms with E-state index in [-0.39, 0.29) is 11.9 Å². The van der Waals surface area contributed by atoms with E-state index in [9.17, 15) is 4.79 Å². The number of aryl methyl sites for hydroxylation is 2. The fraction of sp³-hybridized carbons (Fsp3) is 0.357. The van der Waals surface area contributed by atoms with Crippen molar-refractivity contribution in [3.63, 3.8) is 0 Å². The van der Waals surface area contributed by atoms with Crippen molar-refractivity contribution in [1.82, 2.24) is 15.2 Å². The van der Waals surface area contributed by atoms with Gasteiger partial charge in [0.2, 0.25) is 0 Å². The van der Waals surface area contributed by atoms with Gasteiger partial charge in [-0.15, -0.1) is 0 Å². The lowest BCUT2D eigenvalue weighted by Gasteiger charge is -2.37. The first-order chi connectivity index (χ1) is 16.5. The maximum Gasteiger partial charge on any atom is 0.270 e. The highest BCUT2D eigenvalue weighted by Gasteiger charge is 2.26. The number of likely N-dealkylation sites (N-methyl/N-ethyl adjacent to an activating group) is 1. The minimum atomic E-state index is -0.107. The Kier molecular flexibility index (Phi) is 6.57. The van der Waals surface area contributed by atoms with E-state index in [2.05, 4.69) is 45.3 Å². The van der Waals surface area contributed by atoms with Gasteiger partial charge in [0.25, 0.3) is 5.91 Å². The number of nitrogens with zero attached hydrogens (tertiary/aromatic N) is 3. The molecule has 2 aromatic carbocycles. The number of hydrogen-bond donors (Lipinski definition) is 1. The van der Waals surface area contributed by atoms with Crippen molar-refractivity contribution < 1.29 is 4.79 Å². The third kappa shape index (κ3) is 4.82. The summed E-state index contributed by atoms with van der Waals surface area (Å²) in [7, 11) is 2.18. The highest BCUT2D eigenvalue weighted by Crippen LogP contribution is 2.31. The summed E-state index contributed by atoms with van der Waals surface area (Å²) in [5.74, 6) is -0.107. The van der Waals surface area contributed by atoms with Gasteiger partial charge in [-0.1, -0.05) is 35.9 Å². The molecular formula is C28H31ClN4O. The summed E-state index contributed by atoms with van der Waals surface area (Å²) in [5.41, 5.74) is 7.74. The van der Waals surface area contributed by atoms with Crippen molar-refractivity contribution in [2.24, 2.45) is 0 Å². The van der Waals surface area contributed by atoms with Crippen LogP contribution in [0.5, 0.6) is 0 Å². The van der Waals surface area contributed by atoms with E-state index in [4.69, 9.17) is 11.6 Å². The van der Waals surface area contributed by atoms with E-state index >= 15 is 0 Å². The molecule has 1 saturated heterocycles. The highest BCUT2D eigenvalue weighted by atomic mass is 35.5. The Morgan fingerprint density at radius 2 is 1.91 bits per heavy atom. The fourth-order valence-electron chi connectivity index (χ4n) is 5.13. The van der Waals surface area contributed by atoms with E-state index in [1.54, 1.807) is 6.20 Å². The van der Waals surface area contributed by atoms with Gasteiger partial charge in [-0.25, -0.2) is 0 Å². The molecule has 0 unspecified atom stereocenters. The predicted octanol–water partition coefficient (Wildman–Crippen LogP) is 4.75. The molecule has 0 saturated carbocycles. The van der Waals surface area contributed by atoms with Crippen molar-refractivity contribution in [2.75, 3.05) is 38.1 Å². The molecule has 1 amide bonds. The number of amides is 1. The number of fused-ring (bicyclic) bond motifs is 1. The molecule has 0 bridgehead atoms. The molecular weight excluding hydrogens is 444 g/mol. The van der Waals surface area contributed by atoms with Gasteiger partial charge in [-0.05, 0) is 79.8 Å². The molecule has 5 rings (SSSR count). The maximum atomic E-state index is 13.0. The molecule has 1 aromatic heterocycles. The number of rotatable bonds is 4. The van der Waals surface area contributed by atoms with Crippen LogP contribution in [0.3, 0.4) is 0 Å². The Bertz CT molecular complexity index is 1190. The van der Waals surface area contributed by atoms with Gasteiger partial charge in [0.05, 0.1) is 0 Å². The number of hydrogen-bond acceptors (Lipinski definition) is 4. The van der Waals surface area contributed by atoms with Crippen molar-refractivity contribution in [1.29, 1.82) is 0 Å². The Morgan fingerprint density at radius 3 is 2.65 bits per heavy atom. The van der Waals surface area contributed by atoms with E-state index in [0.717, 1.165) is 67.2 Å². The van der Waals surface area contributed by atoms with Gasteiger partial charge >= 0.3 is 0 Å². The second-order valence-corrected chi connectivity index (χ2v) is 9.95. The molecule has 3 aromatic rings. The Balaban J connectivity index is 1.28. The van der Waals surface area contributed by atoms with E-state index in [1.807, 2.05) is 37.3 Å². The number of halogens is 1.